The first-order chi connectivity index (χ1) is 9.31. The van der Waals surface area contributed by atoms with Crippen LogP contribution in [0.4, 0.5) is 5.69 Å². The molecule has 1 aromatic rings. The van der Waals surface area contributed by atoms with Gasteiger partial charge in [0.15, 0.2) is 0 Å². The third-order valence-corrected chi connectivity index (χ3v) is 5.57. The van der Waals surface area contributed by atoms with Crippen LogP contribution in [0.1, 0.15) is 12.5 Å². The second-order valence-corrected chi connectivity index (χ2v) is 7.79. The summed E-state index contributed by atoms with van der Waals surface area (Å²) in [6.07, 6.45) is 0. The number of rotatable bonds is 7. The minimum atomic E-state index is -3.74. The van der Waals surface area contributed by atoms with Crippen molar-refractivity contribution in [2.24, 2.45) is 0 Å². The molecule has 0 radical (unpaired) electrons. The van der Waals surface area contributed by atoms with E-state index >= 15 is 0 Å². The molecule has 3 N–H and O–H groups in total. The highest BCUT2D eigenvalue weighted by molar-refractivity contribution is 7.89. The molecule has 0 aliphatic heterocycles. The number of nitrogens with two attached hydrogens (primary N) is 1. The maximum Gasteiger partial charge on any atom is 0.244 e. The van der Waals surface area contributed by atoms with Gasteiger partial charge in [0.25, 0.3) is 0 Å². The van der Waals surface area contributed by atoms with E-state index in [1.807, 2.05) is 0 Å². The topological polar surface area (TPSA) is 98.5 Å². The summed E-state index contributed by atoms with van der Waals surface area (Å²) in [5.41, 5.74) is 6.86. The highest BCUT2D eigenvalue weighted by Crippen LogP contribution is 2.28. The summed E-state index contributed by atoms with van der Waals surface area (Å²) in [4.78, 5) is -0.00891. The zero-order chi connectivity index (χ0) is 15.3. The lowest BCUT2D eigenvalue weighted by Crippen LogP contribution is -2.28. The molecular formula is C12H20N2O4S2. The van der Waals surface area contributed by atoms with Crippen LogP contribution in [-0.4, -0.2) is 37.8 Å². The second kappa shape index (κ2) is 7.05. The molecule has 6 nitrogen and oxygen atoms in total. The van der Waals surface area contributed by atoms with Crippen LogP contribution in [0.15, 0.2) is 17.0 Å². The van der Waals surface area contributed by atoms with Crippen molar-refractivity contribution in [3.05, 3.63) is 17.7 Å². The number of benzene rings is 1. The van der Waals surface area contributed by atoms with Gasteiger partial charge in [0.1, 0.15) is 10.6 Å². The molecule has 0 amide bonds. The first kappa shape index (κ1) is 16.9. The summed E-state index contributed by atoms with van der Waals surface area (Å²) in [5, 5.41) is 0. The molecule has 20 heavy (non-hydrogen) atoms. The normalized spacial score (nSPS) is 13.2. The van der Waals surface area contributed by atoms with E-state index in [4.69, 9.17) is 10.5 Å². The predicted molar refractivity (Wildman–Crippen MR) is 80.9 cm³/mol. The SMILES string of the molecule is CCS(=O)CCNS(=O)(=O)c1cc(N)c(C)cc1OC. The second-order valence-electron chi connectivity index (χ2n) is 4.19. The molecule has 8 heteroatoms. The highest BCUT2D eigenvalue weighted by atomic mass is 32.2. The molecule has 0 aliphatic carbocycles. The predicted octanol–water partition coefficient (Wildman–Crippen LogP) is 0.633. The Hall–Kier alpha value is -1.12. The van der Waals surface area contributed by atoms with Crippen LogP contribution in [0.3, 0.4) is 0 Å². The van der Waals surface area contributed by atoms with E-state index in [1.165, 1.54) is 13.2 Å². The van der Waals surface area contributed by atoms with Crippen molar-refractivity contribution < 1.29 is 17.4 Å². The van der Waals surface area contributed by atoms with Crippen molar-refractivity contribution in [2.75, 3.05) is 30.9 Å². The number of nitrogens with one attached hydrogen (secondary N) is 1. The van der Waals surface area contributed by atoms with E-state index < -0.39 is 20.8 Å². The molecule has 1 rings (SSSR count). The number of methoxy groups -OCH3 is 1. The number of ether oxygens (including phenoxy) is 1. The van der Waals surface area contributed by atoms with Crippen LogP contribution in [0, 0.1) is 6.92 Å². The fraction of sp³-hybridized carbons (Fsp3) is 0.500. The minimum Gasteiger partial charge on any atom is -0.495 e. The number of anilines is 1. The molecule has 1 aromatic carbocycles. The van der Waals surface area contributed by atoms with Crippen molar-refractivity contribution in [2.45, 2.75) is 18.7 Å². The molecule has 1 atom stereocenters. The smallest absolute Gasteiger partial charge is 0.244 e. The summed E-state index contributed by atoms with van der Waals surface area (Å²) in [7, 11) is -3.35. The van der Waals surface area contributed by atoms with Crippen molar-refractivity contribution in [3.8, 4) is 5.75 Å². The number of hydrogen-bond donors (Lipinski definition) is 2. The molecule has 0 bridgehead atoms. The van der Waals surface area contributed by atoms with Gasteiger partial charge in [0.05, 0.1) is 7.11 Å². The van der Waals surface area contributed by atoms with E-state index in [2.05, 4.69) is 4.72 Å². The van der Waals surface area contributed by atoms with E-state index in [0.29, 0.717) is 11.4 Å². The van der Waals surface area contributed by atoms with Crippen LogP contribution >= 0.6 is 0 Å². The molecule has 0 fully saturated rings. The van der Waals surface area contributed by atoms with Crippen molar-refractivity contribution >= 4 is 26.5 Å². The lowest BCUT2D eigenvalue weighted by molar-refractivity contribution is 0.402. The average molecular weight is 320 g/mol. The van der Waals surface area contributed by atoms with Gasteiger partial charge in [-0.05, 0) is 24.6 Å². The van der Waals surface area contributed by atoms with E-state index in [-0.39, 0.29) is 22.9 Å². The van der Waals surface area contributed by atoms with Crippen molar-refractivity contribution in [3.63, 3.8) is 0 Å². The fourth-order valence-electron chi connectivity index (χ4n) is 1.56. The molecule has 1 unspecified atom stereocenters. The maximum absolute atomic E-state index is 12.2. The van der Waals surface area contributed by atoms with Crippen LogP contribution in [0.2, 0.25) is 0 Å². The summed E-state index contributed by atoms with van der Waals surface area (Å²) in [5.74, 6) is 1.02. The quantitative estimate of drug-likeness (QED) is 0.718. The van der Waals surface area contributed by atoms with Gasteiger partial charge < -0.3 is 10.5 Å². The van der Waals surface area contributed by atoms with E-state index in [0.717, 1.165) is 5.56 Å². The Bertz CT molecular complexity index is 600. The Morgan fingerprint density at radius 2 is 2.05 bits per heavy atom. The zero-order valence-corrected chi connectivity index (χ0v) is 13.4. The average Bonchev–Trinajstić information content (AvgIpc) is 2.40. The van der Waals surface area contributed by atoms with Gasteiger partial charge in [0, 0.05) is 34.5 Å². The Kier molecular flexibility index (Phi) is 5.97. The monoisotopic (exact) mass is 320 g/mol. The summed E-state index contributed by atoms with van der Waals surface area (Å²) >= 11 is 0. The van der Waals surface area contributed by atoms with Crippen molar-refractivity contribution in [1.29, 1.82) is 0 Å². The first-order valence-corrected chi connectivity index (χ1v) is 9.07. The molecule has 0 saturated carbocycles. The summed E-state index contributed by atoms with van der Waals surface area (Å²) in [6, 6.07) is 2.95. The Balaban J connectivity index is 2.97. The molecule has 114 valence electrons. The Morgan fingerprint density at radius 1 is 1.40 bits per heavy atom. The van der Waals surface area contributed by atoms with Gasteiger partial charge in [-0.25, -0.2) is 13.1 Å². The lowest BCUT2D eigenvalue weighted by Gasteiger charge is -2.12. The summed E-state index contributed by atoms with van der Waals surface area (Å²) < 4.78 is 43.2. The van der Waals surface area contributed by atoms with E-state index in [1.54, 1.807) is 19.9 Å². The van der Waals surface area contributed by atoms with Gasteiger partial charge in [-0.2, -0.15) is 0 Å². The molecular weight excluding hydrogens is 300 g/mol. The van der Waals surface area contributed by atoms with Crippen LogP contribution in [0.5, 0.6) is 5.75 Å². The number of nitrogen functional groups attached to an aromatic ring is 1. The van der Waals surface area contributed by atoms with Crippen LogP contribution in [-0.2, 0) is 20.8 Å². The number of aryl methyl sites for hydroxylation is 1. The fourth-order valence-corrected chi connectivity index (χ4v) is 3.52. The molecule has 0 aromatic heterocycles. The highest BCUT2D eigenvalue weighted by Gasteiger charge is 2.20. The van der Waals surface area contributed by atoms with Gasteiger partial charge in [-0.3, -0.25) is 4.21 Å². The maximum atomic E-state index is 12.2. The lowest BCUT2D eigenvalue weighted by atomic mass is 10.2. The van der Waals surface area contributed by atoms with Gasteiger partial charge in [0.2, 0.25) is 10.0 Å². The zero-order valence-electron chi connectivity index (χ0n) is 11.8. The minimum absolute atomic E-state index is 0.00891. The number of sulfonamides is 1. The third-order valence-electron chi connectivity index (χ3n) is 2.79. The molecule has 0 aliphatic rings. The Labute approximate surface area is 122 Å². The Morgan fingerprint density at radius 3 is 2.60 bits per heavy atom. The molecule has 0 saturated heterocycles. The standard InChI is InChI=1S/C12H20N2O4S2/c1-4-19(15)6-5-14-20(16,17)12-8-10(13)9(2)7-11(12)18-3/h7-8,14H,4-6,13H2,1-3H3. The van der Waals surface area contributed by atoms with Gasteiger partial charge >= 0.3 is 0 Å². The van der Waals surface area contributed by atoms with Gasteiger partial charge in [-0.15, -0.1) is 0 Å². The first-order valence-electron chi connectivity index (χ1n) is 6.10. The number of hydrogen-bond acceptors (Lipinski definition) is 5. The van der Waals surface area contributed by atoms with Crippen molar-refractivity contribution in [1.82, 2.24) is 4.72 Å². The largest absolute Gasteiger partial charge is 0.495 e. The van der Waals surface area contributed by atoms with Gasteiger partial charge in [-0.1, -0.05) is 6.92 Å². The third kappa shape index (κ3) is 4.19. The molecule has 0 spiro atoms. The summed E-state index contributed by atoms with van der Waals surface area (Å²) in [6.45, 7) is 3.67. The van der Waals surface area contributed by atoms with Crippen LogP contribution < -0.4 is 15.2 Å². The van der Waals surface area contributed by atoms with Crippen LogP contribution in [0.25, 0.3) is 0 Å². The molecule has 0 heterocycles. The van der Waals surface area contributed by atoms with E-state index in [9.17, 15) is 12.6 Å².